The Hall–Kier alpha value is -1.59. The first kappa shape index (κ1) is 18.8. The van der Waals surface area contributed by atoms with Gasteiger partial charge in [-0.25, -0.2) is 4.79 Å². The van der Waals surface area contributed by atoms with E-state index in [0.717, 1.165) is 37.8 Å². The van der Waals surface area contributed by atoms with Gasteiger partial charge in [0, 0.05) is 44.8 Å². The highest BCUT2D eigenvalue weighted by atomic mass is 16.6. The van der Waals surface area contributed by atoms with Crippen LogP contribution in [-0.4, -0.2) is 73.2 Å². The van der Waals surface area contributed by atoms with Gasteiger partial charge in [-0.3, -0.25) is 9.80 Å². The van der Waals surface area contributed by atoms with Gasteiger partial charge in [0.2, 0.25) is 0 Å². The van der Waals surface area contributed by atoms with Crippen molar-refractivity contribution in [2.24, 2.45) is 11.8 Å². The van der Waals surface area contributed by atoms with Crippen molar-refractivity contribution in [1.29, 1.82) is 0 Å². The number of hydrogen-bond donors (Lipinski definition) is 0. The Bertz CT molecular complexity index is 671. The van der Waals surface area contributed by atoms with E-state index in [9.17, 15) is 4.79 Å². The van der Waals surface area contributed by atoms with Crippen molar-refractivity contribution < 1.29 is 9.53 Å². The molecule has 1 amide bonds. The molecule has 0 aromatic heterocycles. The fraction of sp³-hybridized carbons (Fsp3) is 0.682. The maximum Gasteiger partial charge on any atom is 0.409 e. The molecule has 0 unspecified atom stereocenters. The minimum Gasteiger partial charge on any atom is -0.450 e. The molecule has 0 saturated carbocycles. The van der Waals surface area contributed by atoms with E-state index in [1.807, 2.05) is 11.8 Å². The normalized spacial score (nSPS) is 29.9. The predicted molar refractivity (Wildman–Crippen MR) is 107 cm³/mol. The van der Waals surface area contributed by atoms with Crippen molar-refractivity contribution in [3.8, 4) is 0 Å². The third-order valence-corrected chi connectivity index (χ3v) is 6.94. The van der Waals surface area contributed by atoms with Crippen LogP contribution in [0.15, 0.2) is 24.3 Å². The largest absolute Gasteiger partial charge is 0.450 e. The van der Waals surface area contributed by atoms with E-state index in [2.05, 4.69) is 48.0 Å². The smallest absolute Gasteiger partial charge is 0.409 e. The molecule has 1 aromatic rings. The lowest BCUT2D eigenvalue weighted by Crippen LogP contribution is -2.47. The van der Waals surface area contributed by atoms with Crippen LogP contribution in [0, 0.1) is 18.8 Å². The van der Waals surface area contributed by atoms with E-state index in [1.54, 1.807) is 0 Å². The Morgan fingerprint density at radius 1 is 1.15 bits per heavy atom. The number of likely N-dealkylation sites (tertiary alicyclic amines) is 3. The Morgan fingerprint density at radius 3 is 2.59 bits per heavy atom. The monoisotopic (exact) mass is 371 g/mol. The van der Waals surface area contributed by atoms with Gasteiger partial charge >= 0.3 is 6.09 Å². The molecule has 0 spiro atoms. The number of ether oxygens (including phenoxy) is 1. The third kappa shape index (κ3) is 3.59. The van der Waals surface area contributed by atoms with Crippen LogP contribution in [-0.2, 0) is 4.74 Å². The molecule has 0 N–H and O–H groups in total. The van der Waals surface area contributed by atoms with Crippen molar-refractivity contribution in [2.45, 2.75) is 38.8 Å². The fourth-order valence-electron chi connectivity index (χ4n) is 5.61. The van der Waals surface area contributed by atoms with Crippen LogP contribution in [0.5, 0.6) is 0 Å². The maximum atomic E-state index is 11.9. The van der Waals surface area contributed by atoms with E-state index in [-0.39, 0.29) is 6.09 Å². The highest BCUT2D eigenvalue weighted by Gasteiger charge is 2.47. The van der Waals surface area contributed by atoms with Gasteiger partial charge in [0.05, 0.1) is 6.61 Å². The van der Waals surface area contributed by atoms with Crippen LogP contribution in [0.4, 0.5) is 4.79 Å². The molecule has 3 fully saturated rings. The molecule has 0 aliphatic carbocycles. The summed E-state index contributed by atoms with van der Waals surface area (Å²) < 4.78 is 5.16. The zero-order valence-corrected chi connectivity index (χ0v) is 16.9. The van der Waals surface area contributed by atoms with Crippen molar-refractivity contribution in [2.75, 3.05) is 46.4 Å². The number of amides is 1. The average Bonchev–Trinajstić information content (AvgIpc) is 3.19. The lowest BCUT2D eigenvalue weighted by atomic mass is 9.88. The van der Waals surface area contributed by atoms with Crippen LogP contribution >= 0.6 is 0 Å². The highest BCUT2D eigenvalue weighted by Crippen LogP contribution is 2.45. The maximum absolute atomic E-state index is 11.9. The number of hydrogen-bond acceptors (Lipinski definition) is 4. The Morgan fingerprint density at radius 2 is 1.89 bits per heavy atom. The number of carbonyl (C=O) groups is 1. The van der Waals surface area contributed by atoms with Crippen molar-refractivity contribution >= 4 is 6.09 Å². The standard InChI is InChI=1S/C22H33N3O2/c1-4-27-22(26)24-11-9-18(10-12-24)25-14-17-13-23(3)21(20(17)15-25)19-8-6-5-7-16(19)2/h5-8,17-18,20-21H,4,9-15H2,1-3H3/t17-,20+,21-/m0/s1. The van der Waals surface area contributed by atoms with Gasteiger partial charge in [0.1, 0.15) is 0 Å². The number of fused-ring (bicyclic) bond motifs is 1. The zero-order valence-electron chi connectivity index (χ0n) is 16.9. The van der Waals surface area contributed by atoms with Crippen molar-refractivity contribution in [1.82, 2.24) is 14.7 Å². The highest BCUT2D eigenvalue weighted by molar-refractivity contribution is 5.67. The summed E-state index contributed by atoms with van der Waals surface area (Å²) in [5, 5.41) is 0. The van der Waals surface area contributed by atoms with Crippen LogP contribution in [0.3, 0.4) is 0 Å². The summed E-state index contributed by atoms with van der Waals surface area (Å²) in [4.78, 5) is 19.1. The van der Waals surface area contributed by atoms with Crippen LogP contribution in [0.2, 0.25) is 0 Å². The third-order valence-electron chi connectivity index (χ3n) is 6.94. The zero-order chi connectivity index (χ0) is 19.0. The summed E-state index contributed by atoms with van der Waals surface area (Å²) >= 11 is 0. The Balaban J connectivity index is 1.39. The second kappa shape index (κ2) is 7.80. The molecular weight excluding hydrogens is 338 g/mol. The first-order chi connectivity index (χ1) is 13.1. The molecule has 3 saturated heterocycles. The number of nitrogens with zero attached hydrogens (tertiary/aromatic N) is 3. The number of carbonyl (C=O) groups excluding carboxylic acids is 1. The van der Waals surface area contributed by atoms with Crippen LogP contribution < -0.4 is 0 Å². The van der Waals surface area contributed by atoms with Crippen LogP contribution in [0.1, 0.15) is 36.9 Å². The summed E-state index contributed by atoms with van der Waals surface area (Å²) in [6, 6.07) is 10.0. The molecular formula is C22H33N3O2. The Labute approximate surface area is 163 Å². The molecule has 5 heteroatoms. The molecule has 1 aromatic carbocycles. The summed E-state index contributed by atoms with van der Waals surface area (Å²) in [6.07, 6.45) is 2.00. The van der Waals surface area contributed by atoms with Gasteiger partial charge in [-0.2, -0.15) is 0 Å². The number of piperidine rings is 1. The van der Waals surface area contributed by atoms with E-state index in [0.29, 0.717) is 18.7 Å². The summed E-state index contributed by atoms with van der Waals surface area (Å²) in [5.74, 6) is 1.49. The molecule has 3 aliphatic rings. The fourth-order valence-corrected chi connectivity index (χ4v) is 5.61. The molecule has 3 heterocycles. The predicted octanol–water partition coefficient (Wildman–Crippen LogP) is 3.15. The molecule has 27 heavy (non-hydrogen) atoms. The van der Waals surface area contributed by atoms with E-state index >= 15 is 0 Å². The van der Waals surface area contributed by atoms with Crippen LogP contribution in [0.25, 0.3) is 0 Å². The molecule has 5 nitrogen and oxygen atoms in total. The SMILES string of the molecule is CCOC(=O)N1CCC(N2C[C@@H]3CN(C)[C@@H](c4ccccc4C)[C@@H]3C2)CC1. The van der Waals surface area contributed by atoms with Gasteiger partial charge in [-0.15, -0.1) is 0 Å². The molecule has 0 radical (unpaired) electrons. The Kier molecular flexibility index (Phi) is 5.42. The van der Waals surface area contributed by atoms with Gasteiger partial charge in [-0.1, -0.05) is 24.3 Å². The van der Waals surface area contributed by atoms with Gasteiger partial charge in [0.15, 0.2) is 0 Å². The number of rotatable bonds is 3. The van der Waals surface area contributed by atoms with Gasteiger partial charge < -0.3 is 9.64 Å². The molecule has 4 rings (SSSR count). The van der Waals surface area contributed by atoms with Gasteiger partial charge in [0.25, 0.3) is 0 Å². The average molecular weight is 372 g/mol. The summed E-state index contributed by atoms with van der Waals surface area (Å²) in [7, 11) is 2.29. The topological polar surface area (TPSA) is 36.0 Å². The second-order valence-electron chi connectivity index (χ2n) is 8.54. The van der Waals surface area contributed by atoms with E-state index in [4.69, 9.17) is 4.74 Å². The first-order valence-corrected chi connectivity index (χ1v) is 10.5. The number of aryl methyl sites for hydroxylation is 1. The first-order valence-electron chi connectivity index (χ1n) is 10.5. The molecule has 3 atom stereocenters. The quantitative estimate of drug-likeness (QED) is 0.818. The minimum absolute atomic E-state index is 0.143. The van der Waals surface area contributed by atoms with Crippen molar-refractivity contribution in [3.63, 3.8) is 0 Å². The van der Waals surface area contributed by atoms with E-state index in [1.165, 1.54) is 30.8 Å². The minimum atomic E-state index is -0.143. The van der Waals surface area contributed by atoms with E-state index < -0.39 is 0 Å². The molecule has 3 aliphatic heterocycles. The summed E-state index contributed by atoms with van der Waals surface area (Å²) in [6.45, 7) is 9.83. The second-order valence-corrected chi connectivity index (χ2v) is 8.54. The van der Waals surface area contributed by atoms with Gasteiger partial charge in [-0.05, 0) is 56.7 Å². The molecule has 148 valence electrons. The summed E-state index contributed by atoms with van der Waals surface area (Å²) in [5.41, 5.74) is 2.92. The van der Waals surface area contributed by atoms with Crippen molar-refractivity contribution in [3.05, 3.63) is 35.4 Å². The lowest BCUT2D eigenvalue weighted by Gasteiger charge is -2.37. The number of benzene rings is 1. The molecule has 0 bridgehead atoms. The lowest BCUT2D eigenvalue weighted by molar-refractivity contribution is 0.0766.